The summed E-state index contributed by atoms with van der Waals surface area (Å²) in [5.74, 6) is 0.411. The maximum absolute atomic E-state index is 11.6. The summed E-state index contributed by atoms with van der Waals surface area (Å²) in [6, 6.07) is 17.9. The molecule has 0 saturated carbocycles. The summed E-state index contributed by atoms with van der Waals surface area (Å²) in [7, 11) is 0. The predicted octanol–water partition coefficient (Wildman–Crippen LogP) is 3.96. The molecule has 0 radical (unpaired) electrons. The number of Topliss-reactive ketones (excluding diaryl/α,β-unsaturated/α-hetero) is 1. The van der Waals surface area contributed by atoms with E-state index in [0.717, 1.165) is 5.56 Å². The summed E-state index contributed by atoms with van der Waals surface area (Å²) in [5, 5.41) is 19.7. The number of rotatable bonds is 5. The molecule has 26 heavy (non-hydrogen) atoms. The summed E-state index contributed by atoms with van der Waals surface area (Å²) in [6.07, 6.45) is 1.24. The fourth-order valence-corrected chi connectivity index (χ4v) is 2.45. The number of pyridine rings is 2. The Morgan fingerprint density at radius 1 is 1.15 bits per heavy atom. The van der Waals surface area contributed by atoms with Crippen molar-refractivity contribution in [2.24, 2.45) is 0 Å². The average Bonchev–Trinajstić information content (AvgIpc) is 2.68. The van der Waals surface area contributed by atoms with E-state index in [1.807, 2.05) is 24.3 Å². The van der Waals surface area contributed by atoms with Crippen LogP contribution in [0.2, 0.25) is 0 Å². The highest BCUT2D eigenvalue weighted by molar-refractivity contribution is 5.93. The van der Waals surface area contributed by atoms with Gasteiger partial charge in [-0.1, -0.05) is 24.3 Å². The summed E-state index contributed by atoms with van der Waals surface area (Å²) < 4.78 is 0. The first-order chi connectivity index (χ1) is 12.6. The highest BCUT2D eigenvalue weighted by Crippen LogP contribution is 2.26. The number of carbonyl (C=O) groups is 1. The van der Waals surface area contributed by atoms with Crippen LogP contribution in [0, 0.1) is 16.7 Å². The van der Waals surface area contributed by atoms with E-state index in [9.17, 15) is 4.79 Å². The molecular formula is C20H15N5O. The van der Waals surface area contributed by atoms with E-state index in [4.69, 9.17) is 10.7 Å². The summed E-state index contributed by atoms with van der Waals surface area (Å²) in [5.41, 5.74) is 3.50. The molecule has 0 unspecified atom stereocenters. The van der Waals surface area contributed by atoms with Crippen molar-refractivity contribution in [3.8, 4) is 17.3 Å². The number of aromatic nitrogens is 2. The molecule has 0 aliphatic carbocycles. The number of hydrogen-bond donors (Lipinski definition) is 2. The molecule has 0 aliphatic heterocycles. The number of ketones is 1. The zero-order chi connectivity index (χ0) is 18.5. The molecule has 0 saturated heterocycles. The quantitative estimate of drug-likeness (QED) is 0.540. The molecule has 3 aromatic rings. The Balaban J connectivity index is 2.01. The van der Waals surface area contributed by atoms with Crippen molar-refractivity contribution in [2.75, 3.05) is 5.32 Å². The minimum atomic E-state index is -0.0983. The molecule has 0 fully saturated rings. The van der Waals surface area contributed by atoms with Crippen molar-refractivity contribution in [2.45, 2.75) is 6.92 Å². The number of hydrogen-bond acceptors (Lipinski definition) is 6. The zero-order valence-corrected chi connectivity index (χ0v) is 14.0. The number of anilines is 2. The third-order valence-corrected chi connectivity index (χ3v) is 3.74. The second kappa shape index (κ2) is 7.36. The standard InChI is InChI=1S/C20H15N5O/c1-13(26)17-5-3-6-18(24-17)14-8-9-15(11-21)19(10-14)25-20-7-2-4-16(12-22)23-20/h2-11,21H,1H3,(H,23,25). The molecule has 0 amide bonds. The molecule has 0 atom stereocenters. The summed E-state index contributed by atoms with van der Waals surface area (Å²) >= 11 is 0. The Bertz CT molecular complexity index is 1040. The monoisotopic (exact) mass is 341 g/mol. The predicted molar refractivity (Wildman–Crippen MR) is 99.8 cm³/mol. The SMILES string of the molecule is CC(=O)c1cccc(-c2ccc(C=N)c(Nc3cccc(C#N)n3)c2)n1. The van der Waals surface area contributed by atoms with Crippen LogP contribution in [0.4, 0.5) is 11.5 Å². The number of carbonyl (C=O) groups excluding carboxylic acids is 1. The van der Waals surface area contributed by atoms with Gasteiger partial charge in [0.05, 0.1) is 5.69 Å². The Morgan fingerprint density at radius 2 is 1.96 bits per heavy atom. The van der Waals surface area contributed by atoms with Crippen LogP contribution in [0.5, 0.6) is 0 Å². The maximum atomic E-state index is 11.6. The number of benzene rings is 1. The third kappa shape index (κ3) is 3.62. The van der Waals surface area contributed by atoms with Gasteiger partial charge in [0.2, 0.25) is 0 Å². The average molecular weight is 341 g/mol. The molecule has 6 nitrogen and oxygen atoms in total. The first-order valence-electron chi connectivity index (χ1n) is 7.88. The van der Waals surface area contributed by atoms with Crippen LogP contribution >= 0.6 is 0 Å². The number of nitriles is 1. The summed E-state index contributed by atoms with van der Waals surface area (Å²) in [6.45, 7) is 1.48. The second-order valence-corrected chi connectivity index (χ2v) is 5.56. The second-order valence-electron chi connectivity index (χ2n) is 5.56. The number of nitrogens with one attached hydrogen (secondary N) is 2. The van der Waals surface area contributed by atoms with Crippen LogP contribution in [0.15, 0.2) is 54.6 Å². The fraction of sp³-hybridized carbons (Fsp3) is 0.0500. The zero-order valence-electron chi connectivity index (χ0n) is 14.0. The van der Waals surface area contributed by atoms with Gasteiger partial charge < -0.3 is 10.7 Å². The molecule has 2 heterocycles. The molecule has 3 rings (SSSR count). The van der Waals surface area contributed by atoms with Crippen LogP contribution in [0.25, 0.3) is 11.3 Å². The molecule has 0 aliphatic rings. The van der Waals surface area contributed by atoms with Gasteiger partial charge in [0.1, 0.15) is 23.3 Å². The van der Waals surface area contributed by atoms with E-state index >= 15 is 0 Å². The van der Waals surface area contributed by atoms with Crippen LogP contribution in [0.3, 0.4) is 0 Å². The van der Waals surface area contributed by atoms with Crippen molar-refractivity contribution >= 4 is 23.5 Å². The summed E-state index contributed by atoms with van der Waals surface area (Å²) in [4.78, 5) is 20.1. The normalized spacial score (nSPS) is 10.0. The van der Waals surface area contributed by atoms with E-state index in [1.54, 1.807) is 36.4 Å². The van der Waals surface area contributed by atoms with Crippen LogP contribution < -0.4 is 5.32 Å². The van der Waals surface area contributed by atoms with Crippen molar-refractivity contribution in [3.63, 3.8) is 0 Å². The van der Waals surface area contributed by atoms with Crippen molar-refractivity contribution in [1.82, 2.24) is 9.97 Å². The first kappa shape index (κ1) is 17.0. The first-order valence-corrected chi connectivity index (χ1v) is 7.88. The minimum Gasteiger partial charge on any atom is -0.340 e. The lowest BCUT2D eigenvalue weighted by Gasteiger charge is -2.11. The number of nitrogens with zero attached hydrogens (tertiary/aromatic N) is 3. The molecule has 0 bridgehead atoms. The van der Waals surface area contributed by atoms with Crippen LogP contribution in [-0.4, -0.2) is 22.0 Å². The van der Waals surface area contributed by atoms with E-state index in [-0.39, 0.29) is 5.78 Å². The van der Waals surface area contributed by atoms with Gasteiger partial charge in [0, 0.05) is 30.0 Å². The lowest BCUT2D eigenvalue weighted by atomic mass is 10.1. The van der Waals surface area contributed by atoms with Gasteiger partial charge in [-0.3, -0.25) is 4.79 Å². The maximum Gasteiger partial charge on any atom is 0.178 e. The molecule has 2 N–H and O–H groups in total. The van der Waals surface area contributed by atoms with Crippen LogP contribution in [-0.2, 0) is 0 Å². The van der Waals surface area contributed by atoms with Gasteiger partial charge >= 0.3 is 0 Å². The lowest BCUT2D eigenvalue weighted by Crippen LogP contribution is -2.00. The van der Waals surface area contributed by atoms with Gasteiger partial charge in [-0.05, 0) is 30.3 Å². The van der Waals surface area contributed by atoms with E-state index in [1.165, 1.54) is 13.1 Å². The van der Waals surface area contributed by atoms with Gasteiger partial charge in [-0.25, -0.2) is 9.97 Å². The van der Waals surface area contributed by atoms with E-state index in [0.29, 0.717) is 34.2 Å². The third-order valence-electron chi connectivity index (χ3n) is 3.74. The molecule has 1 aromatic carbocycles. The van der Waals surface area contributed by atoms with Gasteiger partial charge in [-0.15, -0.1) is 0 Å². The minimum absolute atomic E-state index is 0.0983. The smallest absolute Gasteiger partial charge is 0.178 e. The Kier molecular flexibility index (Phi) is 4.81. The van der Waals surface area contributed by atoms with E-state index < -0.39 is 0 Å². The largest absolute Gasteiger partial charge is 0.340 e. The van der Waals surface area contributed by atoms with Crippen LogP contribution in [0.1, 0.15) is 28.7 Å². The molecule has 126 valence electrons. The van der Waals surface area contributed by atoms with Crippen molar-refractivity contribution < 1.29 is 4.79 Å². The Labute approximate surface area is 150 Å². The van der Waals surface area contributed by atoms with E-state index in [2.05, 4.69) is 15.3 Å². The molecule has 0 spiro atoms. The Morgan fingerprint density at radius 3 is 2.69 bits per heavy atom. The molecular weight excluding hydrogens is 326 g/mol. The van der Waals surface area contributed by atoms with Gasteiger partial charge in [0.25, 0.3) is 0 Å². The highest BCUT2D eigenvalue weighted by Gasteiger charge is 2.09. The molecule has 2 aromatic heterocycles. The van der Waals surface area contributed by atoms with Crippen molar-refractivity contribution in [1.29, 1.82) is 10.7 Å². The van der Waals surface area contributed by atoms with Gasteiger partial charge in [-0.2, -0.15) is 5.26 Å². The molecule has 6 heteroatoms. The lowest BCUT2D eigenvalue weighted by molar-refractivity contribution is 0.101. The van der Waals surface area contributed by atoms with Crippen molar-refractivity contribution in [3.05, 3.63) is 71.5 Å². The fourth-order valence-electron chi connectivity index (χ4n) is 2.45. The highest BCUT2D eigenvalue weighted by atomic mass is 16.1. The topological polar surface area (TPSA) is 103 Å². The Hall–Kier alpha value is -3.85. The van der Waals surface area contributed by atoms with Gasteiger partial charge in [0.15, 0.2) is 5.78 Å².